The molecule has 0 radical (unpaired) electrons. The van der Waals surface area contributed by atoms with Crippen LogP contribution in [0.3, 0.4) is 0 Å². The van der Waals surface area contributed by atoms with Crippen LogP contribution in [-0.2, 0) is 4.79 Å². The topological polar surface area (TPSA) is 94.2 Å². The molecule has 0 saturated heterocycles. The molecule has 8 heteroatoms. The highest BCUT2D eigenvalue weighted by molar-refractivity contribution is 6.21. The highest BCUT2D eigenvalue weighted by atomic mass is 16.5. The highest BCUT2D eigenvalue weighted by Gasteiger charge is 2.36. The van der Waals surface area contributed by atoms with Crippen molar-refractivity contribution in [1.82, 2.24) is 10.4 Å². The number of amides is 3. The molecule has 0 aromatic heterocycles. The number of nitrogens with one attached hydrogen (secondary N) is 1. The molecule has 1 heterocycles. The lowest BCUT2D eigenvalue weighted by atomic mass is 10.1. The maximum atomic E-state index is 12.3. The Morgan fingerprint density at radius 1 is 0.929 bits per heavy atom. The van der Waals surface area contributed by atoms with E-state index in [4.69, 9.17) is 14.2 Å². The normalized spacial score (nSPS) is 12.9. The van der Waals surface area contributed by atoms with Gasteiger partial charge in [0.15, 0.2) is 11.5 Å². The van der Waals surface area contributed by atoms with Gasteiger partial charge in [0.05, 0.1) is 32.5 Å². The van der Waals surface area contributed by atoms with Crippen molar-refractivity contribution >= 4 is 23.8 Å². The maximum absolute atomic E-state index is 12.3. The number of hydrazine groups is 1. The number of fused-ring (bicyclic) bond motifs is 1. The second-order valence-electron chi connectivity index (χ2n) is 5.76. The molecule has 0 bridgehead atoms. The van der Waals surface area contributed by atoms with Crippen molar-refractivity contribution in [2.75, 3.05) is 21.3 Å². The van der Waals surface area contributed by atoms with Gasteiger partial charge in [-0.3, -0.25) is 19.8 Å². The average Bonchev–Trinajstić information content (AvgIpc) is 2.96. The van der Waals surface area contributed by atoms with Crippen LogP contribution >= 0.6 is 0 Å². The number of rotatable bonds is 6. The predicted octanol–water partition coefficient (Wildman–Crippen LogP) is 2.05. The molecule has 0 saturated carbocycles. The van der Waals surface area contributed by atoms with Crippen LogP contribution in [-0.4, -0.2) is 44.1 Å². The zero-order valence-corrected chi connectivity index (χ0v) is 15.5. The van der Waals surface area contributed by atoms with Crippen molar-refractivity contribution in [3.8, 4) is 17.2 Å². The van der Waals surface area contributed by atoms with E-state index >= 15 is 0 Å². The molecular weight excluding hydrogens is 364 g/mol. The number of ether oxygens (including phenoxy) is 3. The standard InChI is InChI=1S/C20H18N2O6/c1-26-15-10-12(11-16(27-2)18(15)28-3)8-9-17(23)21-22-19(24)13-6-4-5-7-14(13)20(22)25/h4-11H,1-3H3,(H,21,23)/b9-8+. The SMILES string of the molecule is COc1cc(/C=C/C(=O)NN2C(=O)c3ccccc3C2=O)cc(OC)c1OC. The summed E-state index contributed by atoms with van der Waals surface area (Å²) in [6, 6.07) is 9.70. The molecule has 144 valence electrons. The van der Waals surface area contributed by atoms with Crippen LogP contribution < -0.4 is 19.6 Å². The van der Waals surface area contributed by atoms with Crippen molar-refractivity contribution in [3.05, 3.63) is 59.2 Å². The van der Waals surface area contributed by atoms with Gasteiger partial charge in [-0.25, -0.2) is 0 Å². The van der Waals surface area contributed by atoms with Gasteiger partial charge >= 0.3 is 0 Å². The lowest BCUT2D eigenvalue weighted by Gasteiger charge is -2.14. The Morgan fingerprint density at radius 3 is 1.93 bits per heavy atom. The van der Waals surface area contributed by atoms with Gasteiger partial charge in [0.25, 0.3) is 17.7 Å². The average molecular weight is 382 g/mol. The van der Waals surface area contributed by atoms with E-state index in [0.29, 0.717) is 27.8 Å². The van der Waals surface area contributed by atoms with Gasteiger partial charge in [-0.1, -0.05) is 12.1 Å². The summed E-state index contributed by atoms with van der Waals surface area (Å²) >= 11 is 0. The van der Waals surface area contributed by atoms with Gasteiger partial charge in [-0.2, -0.15) is 5.01 Å². The monoisotopic (exact) mass is 382 g/mol. The fourth-order valence-electron chi connectivity index (χ4n) is 2.81. The van der Waals surface area contributed by atoms with Crippen LogP contribution in [0.1, 0.15) is 26.3 Å². The van der Waals surface area contributed by atoms with Crippen molar-refractivity contribution < 1.29 is 28.6 Å². The van der Waals surface area contributed by atoms with Gasteiger partial charge in [0.1, 0.15) is 0 Å². The Morgan fingerprint density at radius 2 is 1.46 bits per heavy atom. The molecule has 1 aliphatic heterocycles. The molecule has 2 aromatic rings. The summed E-state index contributed by atoms with van der Waals surface area (Å²) in [6.07, 6.45) is 2.70. The fraction of sp³-hybridized carbons (Fsp3) is 0.150. The molecule has 8 nitrogen and oxygen atoms in total. The van der Waals surface area contributed by atoms with Gasteiger partial charge in [-0.05, 0) is 35.9 Å². The molecule has 28 heavy (non-hydrogen) atoms. The van der Waals surface area contributed by atoms with Crippen molar-refractivity contribution in [1.29, 1.82) is 0 Å². The molecule has 0 fully saturated rings. The lowest BCUT2D eigenvalue weighted by molar-refractivity contribution is -0.119. The summed E-state index contributed by atoms with van der Waals surface area (Å²) in [6.45, 7) is 0. The van der Waals surface area contributed by atoms with Crippen LogP contribution in [0.25, 0.3) is 6.08 Å². The lowest BCUT2D eigenvalue weighted by Crippen LogP contribution is -2.45. The summed E-state index contributed by atoms with van der Waals surface area (Å²) in [4.78, 5) is 36.8. The molecular formula is C20H18N2O6. The van der Waals surface area contributed by atoms with Gasteiger partial charge in [-0.15, -0.1) is 0 Å². The number of carbonyl (C=O) groups excluding carboxylic acids is 3. The minimum atomic E-state index is -0.636. The smallest absolute Gasteiger partial charge is 0.280 e. The third-order valence-electron chi connectivity index (χ3n) is 4.13. The van der Waals surface area contributed by atoms with Crippen molar-refractivity contribution in [2.45, 2.75) is 0 Å². The van der Waals surface area contributed by atoms with Crippen LogP contribution in [0.15, 0.2) is 42.5 Å². The number of carbonyl (C=O) groups is 3. The summed E-state index contributed by atoms with van der Waals surface area (Å²) in [5, 5.41) is 0.701. The first-order chi connectivity index (χ1) is 13.5. The Labute approximate surface area is 161 Å². The van der Waals surface area contributed by atoms with Gasteiger partial charge < -0.3 is 14.2 Å². The minimum absolute atomic E-state index is 0.251. The first-order valence-electron chi connectivity index (χ1n) is 8.26. The first-order valence-corrected chi connectivity index (χ1v) is 8.26. The number of imide groups is 1. The Hall–Kier alpha value is -3.81. The van der Waals surface area contributed by atoms with Gasteiger partial charge in [0, 0.05) is 6.08 Å². The van der Waals surface area contributed by atoms with E-state index < -0.39 is 17.7 Å². The molecule has 1 aliphatic rings. The third-order valence-corrected chi connectivity index (χ3v) is 4.13. The molecule has 0 unspecified atom stereocenters. The highest BCUT2D eigenvalue weighted by Crippen LogP contribution is 2.38. The molecule has 0 aliphatic carbocycles. The number of methoxy groups -OCH3 is 3. The molecule has 1 N–H and O–H groups in total. The third kappa shape index (κ3) is 3.39. The van der Waals surface area contributed by atoms with Crippen LogP contribution in [0, 0.1) is 0 Å². The number of hydrogen-bond donors (Lipinski definition) is 1. The maximum Gasteiger partial charge on any atom is 0.280 e. The summed E-state index contributed by atoms with van der Waals surface area (Å²) in [5.41, 5.74) is 3.40. The molecule has 3 rings (SSSR count). The van der Waals surface area contributed by atoms with Crippen LogP contribution in [0.2, 0.25) is 0 Å². The molecule has 3 amide bonds. The quantitative estimate of drug-likeness (QED) is 0.607. The Bertz CT molecular complexity index is 922. The molecule has 2 aromatic carbocycles. The first kappa shape index (κ1) is 19.0. The van der Waals surface area contributed by atoms with Crippen LogP contribution in [0.5, 0.6) is 17.2 Å². The summed E-state index contributed by atoms with van der Waals surface area (Å²) in [7, 11) is 4.46. The zero-order valence-electron chi connectivity index (χ0n) is 15.5. The number of benzene rings is 2. The summed E-state index contributed by atoms with van der Waals surface area (Å²) < 4.78 is 15.8. The molecule has 0 spiro atoms. The Kier molecular flexibility index (Phi) is 5.30. The minimum Gasteiger partial charge on any atom is -0.493 e. The van der Waals surface area contributed by atoms with Crippen molar-refractivity contribution in [2.24, 2.45) is 0 Å². The second kappa shape index (κ2) is 7.83. The largest absolute Gasteiger partial charge is 0.493 e. The van der Waals surface area contributed by atoms with E-state index in [9.17, 15) is 14.4 Å². The van der Waals surface area contributed by atoms with Gasteiger partial charge in [0.2, 0.25) is 5.75 Å². The van der Waals surface area contributed by atoms with E-state index in [-0.39, 0.29) is 11.1 Å². The van der Waals surface area contributed by atoms with E-state index in [1.54, 1.807) is 24.3 Å². The summed E-state index contributed by atoms with van der Waals surface area (Å²) in [5.74, 6) is -0.490. The van der Waals surface area contributed by atoms with E-state index in [2.05, 4.69) is 5.43 Å². The van der Waals surface area contributed by atoms with E-state index in [1.807, 2.05) is 0 Å². The Balaban J connectivity index is 1.76. The fourth-order valence-corrected chi connectivity index (χ4v) is 2.81. The zero-order chi connectivity index (χ0) is 20.3. The number of hydrogen-bond acceptors (Lipinski definition) is 6. The predicted molar refractivity (Wildman–Crippen MR) is 100 cm³/mol. The van der Waals surface area contributed by atoms with Crippen molar-refractivity contribution in [3.63, 3.8) is 0 Å². The molecule has 0 atom stereocenters. The number of nitrogens with zero attached hydrogens (tertiary/aromatic N) is 1. The van der Waals surface area contributed by atoms with E-state index in [1.165, 1.54) is 45.6 Å². The van der Waals surface area contributed by atoms with Crippen LogP contribution in [0.4, 0.5) is 0 Å². The second-order valence-corrected chi connectivity index (χ2v) is 5.76. The van der Waals surface area contributed by atoms with E-state index in [0.717, 1.165) is 0 Å².